The van der Waals surface area contributed by atoms with Crippen molar-refractivity contribution in [3.63, 3.8) is 0 Å². The van der Waals surface area contributed by atoms with Crippen LogP contribution in [0.4, 0.5) is 0 Å². The van der Waals surface area contributed by atoms with Crippen molar-refractivity contribution in [2.45, 2.75) is 5.41 Å². The van der Waals surface area contributed by atoms with Crippen LogP contribution in [0.15, 0.2) is 152 Å². The molecule has 2 aromatic heterocycles. The molecule has 0 atom stereocenters. The highest BCUT2D eigenvalue weighted by molar-refractivity contribution is 6.03. The Hall–Kier alpha value is -5.28. The highest BCUT2D eigenvalue weighted by Gasteiger charge is 2.46. The summed E-state index contributed by atoms with van der Waals surface area (Å²) in [6.07, 6.45) is 4.00. The average molecular weight is 512 g/mol. The molecule has 3 nitrogen and oxygen atoms in total. The summed E-state index contributed by atoms with van der Waals surface area (Å²) in [5.74, 6) is 0. The van der Waals surface area contributed by atoms with Gasteiger partial charge in [-0.15, -0.1) is 0 Å². The fourth-order valence-electron chi connectivity index (χ4n) is 6.62. The molecule has 0 amide bonds. The van der Waals surface area contributed by atoms with Crippen LogP contribution in [0.3, 0.4) is 0 Å². The second kappa shape index (κ2) is 8.89. The van der Waals surface area contributed by atoms with Crippen LogP contribution >= 0.6 is 0 Å². The largest absolute Gasteiger partial charge is 0.315 e. The van der Waals surface area contributed by atoms with Crippen molar-refractivity contribution in [3.8, 4) is 28.1 Å². The van der Waals surface area contributed by atoms with Gasteiger partial charge in [0.15, 0.2) is 0 Å². The molecule has 2 heterocycles. The minimum absolute atomic E-state index is 0.399. The van der Waals surface area contributed by atoms with Gasteiger partial charge >= 0.3 is 0 Å². The number of hydrogen-bond acceptors (Lipinski definition) is 2. The zero-order valence-electron chi connectivity index (χ0n) is 21.8. The van der Waals surface area contributed by atoms with Gasteiger partial charge in [0, 0.05) is 17.1 Å². The Bertz CT molecular complexity index is 1950. The smallest absolute Gasteiger partial charge is 0.0950 e. The third kappa shape index (κ3) is 3.18. The van der Waals surface area contributed by atoms with Gasteiger partial charge in [0.2, 0.25) is 0 Å². The van der Waals surface area contributed by atoms with E-state index in [0.717, 1.165) is 22.5 Å². The van der Waals surface area contributed by atoms with Crippen LogP contribution in [-0.2, 0) is 5.41 Å². The van der Waals surface area contributed by atoms with Gasteiger partial charge in [0.25, 0.3) is 0 Å². The van der Waals surface area contributed by atoms with Crippen molar-refractivity contribution >= 4 is 10.9 Å². The summed E-state index contributed by atoms with van der Waals surface area (Å²) in [6.45, 7) is 0. The standard InChI is InChI=1S/C37H25N3/c1-4-12-26(13-5-1)34-24-29(25-38-39-34)40-23-22-31-35(40)21-20-33-36(31)30-18-10-11-19-32(30)37(33,27-14-6-2-7-15-27)28-16-8-3-9-17-28/h1-25H. The maximum atomic E-state index is 4.41. The van der Waals surface area contributed by atoms with Crippen molar-refractivity contribution < 1.29 is 0 Å². The Morgan fingerprint density at radius 2 is 1.23 bits per heavy atom. The molecular formula is C37H25N3. The van der Waals surface area contributed by atoms with Crippen molar-refractivity contribution in [3.05, 3.63) is 174 Å². The Morgan fingerprint density at radius 1 is 0.575 bits per heavy atom. The van der Waals surface area contributed by atoms with Crippen LogP contribution in [0.1, 0.15) is 22.3 Å². The molecule has 3 heteroatoms. The molecule has 0 bridgehead atoms. The van der Waals surface area contributed by atoms with Crippen LogP contribution < -0.4 is 0 Å². The highest BCUT2D eigenvalue weighted by Crippen LogP contribution is 2.57. The van der Waals surface area contributed by atoms with Crippen LogP contribution in [0.5, 0.6) is 0 Å². The first-order valence-electron chi connectivity index (χ1n) is 13.6. The first-order chi connectivity index (χ1) is 19.9. The van der Waals surface area contributed by atoms with Gasteiger partial charge < -0.3 is 4.57 Å². The lowest BCUT2D eigenvalue weighted by Crippen LogP contribution is -2.28. The molecule has 7 aromatic rings. The molecule has 0 radical (unpaired) electrons. The number of hydrogen-bond donors (Lipinski definition) is 0. The summed E-state index contributed by atoms with van der Waals surface area (Å²) in [6, 6.07) is 49.9. The normalized spacial score (nSPS) is 13.2. The third-order valence-electron chi connectivity index (χ3n) is 8.28. The first-order valence-corrected chi connectivity index (χ1v) is 13.6. The summed E-state index contributed by atoms with van der Waals surface area (Å²) in [5.41, 5.74) is 11.4. The van der Waals surface area contributed by atoms with E-state index in [0.29, 0.717) is 0 Å². The molecule has 1 aliphatic carbocycles. The Labute approximate surface area is 233 Å². The summed E-state index contributed by atoms with van der Waals surface area (Å²) < 4.78 is 2.23. The summed E-state index contributed by atoms with van der Waals surface area (Å²) in [5, 5.41) is 10.0. The number of rotatable bonds is 4. The molecule has 8 rings (SSSR count). The lowest BCUT2D eigenvalue weighted by Gasteiger charge is -2.33. The van der Waals surface area contributed by atoms with Crippen LogP contribution in [-0.4, -0.2) is 14.8 Å². The van der Waals surface area contributed by atoms with Crippen molar-refractivity contribution in [2.24, 2.45) is 0 Å². The molecule has 0 saturated carbocycles. The van der Waals surface area contributed by atoms with Crippen LogP contribution in [0, 0.1) is 0 Å². The van der Waals surface area contributed by atoms with E-state index in [1.165, 1.54) is 38.8 Å². The summed E-state index contributed by atoms with van der Waals surface area (Å²) in [4.78, 5) is 0. The van der Waals surface area contributed by atoms with E-state index in [1.54, 1.807) is 0 Å². The maximum Gasteiger partial charge on any atom is 0.0950 e. The molecule has 0 saturated heterocycles. The molecular weight excluding hydrogens is 486 g/mol. The molecule has 0 unspecified atom stereocenters. The molecule has 0 aliphatic heterocycles. The van der Waals surface area contributed by atoms with Gasteiger partial charge in [-0.05, 0) is 51.6 Å². The van der Waals surface area contributed by atoms with Gasteiger partial charge in [0.05, 0.1) is 28.5 Å². The number of aromatic nitrogens is 3. The van der Waals surface area contributed by atoms with Gasteiger partial charge in [-0.25, -0.2) is 0 Å². The first kappa shape index (κ1) is 22.7. The maximum absolute atomic E-state index is 4.41. The minimum atomic E-state index is -0.399. The molecule has 1 aliphatic rings. The molecule has 40 heavy (non-hydrogen) atoms. The SMILES string of the molecule is c1ccc(-c2cc(-n3ccc4c5c(ccc43)C(c3ccccc3)(c3ccccc3)c3ccccc3-5)cnn2)cc1. The van der Waals surface area contributed by atoms with Gasteiger partial charge in [-0.2, -0.15) is 10.2 Å². The van der Waals surface area contributed by atoms with Crippen LogP contribution in [0.2, 0.25) is 0 Å². The third-order valence-corrected chi connectivity index (χ3v) is 8.28. The molecule has 0 fully saturated rings. The lowest BCUT2D eigenvalue weighted by atomic mass is 9.67. The quantitative estimate of drug-likeness (QED) is 0.237. The lowest BCUT2D eigenvalue weighted by molar-refractivity contribution is 0.769. The van der Waals surface area contributed by atoms with E-state index in [2.05, 4.69) is 142 Å². The van der Waals surface area contributed by atoms with Crippen molar-refractivity contribution in [1.82, 2.24) is 14.8 Å². The summed E-state index contributed by atoms with van der Waals surface area (Å²) in [7, 11) is 0. The number of fused-ring (bicyclic) bond motifs is 5. The van der Waals surface area contributed by atoms with E-state index >= 15 is 0 Å². The monoisotopic (exact) mass is 511 g/mol. The van der Waals surface area contributed by atoms with E-state index in [9.17, 15) is 0 Å². The minimum Gasteiger partial charge on any atom is -0.315 e. The number of benzene rings is 5. The predicted molar refractivity (Wildman–Crippen MR) is 162 cm³/mol. The molecule has 0 spiro atoms. The van der Waals surface area contributed by atoms with Gasteiger partial charge in [0.1, 0.15) is 0 Å². The fourth-order valence-corrected chi connectivity index (χ4v) is 6.62. The fraction of sp³-hybridized carbons (Fsp3) is 0.0270. The van der Waals surface area contributed by atoms with Gasteiger partial charge in [-0.3, -0.25) is 0 Å². The summed E-state index contributed by atoms with van der Waals surface area (Å²) >= 11 is 0. The zero-order chi connectivity index (χ0) is 26.5. The molecule has 5 aromatic carbocycles. The van der Waals surface area contributed by atoms with Gasteiger partial charge in [-0.1, -0.05) is 121 Å². The highest BCUT2D eigenvalue weighted by atomic mass is 15.1. The predicted octanol–water partition coefficient (Wildman–Crippen LogP) is 8.45. The molecule has 188 valence electrons. The van der Waals surface area contributed by atoms with E-state index in [4.69, 9.17) is 0 Å². The average Bonchev–Trinajstić information content (AvgIpc) is 3.60. The molecule has 0 N–H and O–H groups in total. The second-order valence-corrected chi connectivity index (χ2v) is 10.3. The van der Waals surface area contributed by atoms with Crippen LogP contribution in [0.25, 0.3) is 39.0 Å². The zero-order valence-corrected chi connectivity index (χ0v) is 21.8. The van der Waals surface area contributed by atoms with E-state index in [-0.39, 0.29) is 0 Å². The second-order valence-electron chi connectivity index (χ2n) is 10.3. The Kier molecular flexibility index (Phi) is 5.04. The Morgan fingerprint density at radius 3 is 1.95 bits per heavy atom. The topological polar surface area (TPSA) is 30.7 Å². The number of nitrogens with zero attached hydrogens (tertiary/aromatic N) is 3. The van der Waals surface area contributed by atoms with Crippen molar-refractivity contribution in [1.29, 1.82) is 0 Å². The van der Waals surface area contributed by atoms with E-state index < -0.39 is 5.41 Å². The Balaban J connectivity index is 1.40. The van der Waals surface area contributed by atoms with E-state index in [1.807, 2.05) is 24.4 Å². The van der Waals surface area contributed by atoms with Crippen molar-refractivity contribution in [2.75, 3.05) is 0 Å².